The largest absolute Gasteiger partial charge is 0.494 e. The molecule has 4 aromatic rings. The number of ether oxygens (including phenoxy) is 12. The fourth-order valence-electron chi connectivity index (χ4n) is 10.2. The Balaban J connectivity index is 0.799. The average Bonchev–Trinajstić information content (AvgIpc) is 1.50. The monoisotopic (exact) mass is 1290 g/mol. The summed E-state index contributed by atoms with van der Waals surface area (Å²) in [5.41, 5.74) is 9.00. The van der Waals surface area contributed by atoms with Crippen molar-refractivity contribution in [3.8, 4) is 17.1 Å². The van der Waals surface area contributed by atoms with Crippen LogP contribution in [0.5, 0.6) is 5.75 Å². The van der Waals surface area contributed by atoms with Gasteiger partial charge in [0.1, 0.15) is 31.0 Å². The maximum absolute atomic E-state index is 13.7. The molecule has 0 fully saturated rings. The van der Waals surface area contributed by atoms with E-state index in [1.165, 1.54) is 0 Å². The zero-order chi connectivity index (χ0) is 65.9. The molecule has 510 valence electrons. The Kier molecular flexibility index (Phi) is 33.2. The van der Waals surface area contributed by atoms with Gasteiger partial charge in [0.15, 0.2) is 5.60 Å². The number of unbranched alkanes of at least 4 members (excludes halogenated alkanes) is 1. The lowest BCUT2D eigenvalue weighted by Crippen LogP contribution is -2.54. The predicted molar refractivity (Wildman–Crippen MR) is 341 cm³/mol. The molecule has 0 spiro atoms. The smallest absolute Gasteiger partial charge is 0.407 e. The molecule has 3 atom stereocenters. The highest BCUT2D eigenvalue weighted by molar-refractivity contribution is 5.98. The first-order chi connectivity index (χ1) is 44.7. The van der Waals surface area contributed by atoms with Crippen molar-refractivity contribution in [1.82, 2.24) is 25.5 Å². The molecule has 0 bridgehead atoms. The van der Waals surface area contributed by atoms with Gasteiger partial charge in [-0.05, 0) is 105 Å². The van der Waals surface area contributed by atoms with Crippen molar-refractivity contribution in [2.75, 3.05) is 144 Å². The highest BCUT2D eigenvalue weighted by Gasteiger charge is 2.45. The van der Waals surface area contributed by atoms with Crippen LogP contribution in [0.25, 0.3) is 22.3 Å². The van der Waals surface area contributed by atoms with Crippen LogP contribution in [0.4, 0.5) is 10.5 Å². The summed E-state index contributed by atoms with van der Waals surface area (Å²) >= 11 is 0. The van der Waals surface area contributed by atoms with Gasteiger partial charge in [0.2, 0.25) is 17.7 Å². The highest BCUT2D eigenvalue weighted by Crippen LogP contribution is 2.41. The Morgan fingerprint density at radius 3 is 1.84 bits per heavy atom. The molecule has 7 N–H and O–H groups in total. The summed E-state index contributed by atoms with van der Waals surface area (Å²) in [6.07, 6.45) is 3.14. The molecule has 26 heteroatoms. The summed E-state index contributed by atoms with van der Waals surface area (Å²) in [4.78, 5) is 84.2. The van der Waals surface area contributed by atoms with E-state index in [0.29, 0.717) is 185 Å². The molecular formula is C66H97N7O19. The van der Waals surface area contributed by atoms with Crippen LogP contribution >= 0.6 is 0 Å². The van der Waals surface area contributed by atoms with Gasteiger partial charge >= 0.3 is 12.1 Å². The number of nitrogens with two attached hydrogens (primary N) is 1. The number of nitrogens with one attached hydrogen (secondary N) is 4. The molecule has 2 aromatic heterocycles. The van der Waals surface area contributed by atoms with Crippen LogP contribution in [-0.2, 0) is 103 Å². The summed E-state index contributed by atoms with van der Waals surface area (Å²) < 4.78 is 67.8. The van der Waals surface area contributed by atoms with Crippen LogP contribution < -0.4 is 37.3 Å². The molecule has 0 saturated heterocycles. The Bertz CT molecular complexity index is 2980. The first kappa shape index (κ1) is 74.4. The molecule has 0 aliphatic carbocycles. The molecule has 26 nitrogen and oxygen atoms in total. The molecule has 6 rings (SSSR count). The number of carbonyl (C=O) groups excluding carboxylic acids is 5. The number of amides is 4. The molecule has 0 unspecified atom stereocenters. The van der Waals surface area contributed by atoms with Crippen LogP contribution in [0, 0.1) is 5.92 Å². The normalized spacial score (nSPS) is 14.7. The van der Waals surface area contributed by atoms with E-state index in [0.717, 1.165) is 29.5 Å². The lowest BCUT2D eigenvalue weighted by Gasteiger charge is -2.31. The van der Waals surface area contributed by atoms with Gasteiger partial charge in [-0.25, -0.2) is 14.6 Å². The summed E-state index contributed by atoms with van der Waals surface area (Å²) in [6.45, 7) is 18.5. The third kappa shape index (κ3) is 23.7. The molecule has 92 heavy (non-hydrogen) atoms. The number of hydrogen-bond donors (Lipinski definition) is 6. The minimum atomic E-state index is -1.91. The summed E-state index contributed by atoms with van der Waals surface area (Å²) in [5.74, 6) is -1.76. The molecular weight excluding hydrogens is 1190 g/mol. The Morgan fingerprint density at radius 2 is 1.28 bits per heavy atom. The third-order valence-corrected chi connectivity index (χ3v) is 15.2. The lowest BCUT2D eigenvalue weighted by molar-refractivity contribution is -0.172. The van der Waals surface area contributed by atoms with Gasteiger partial charge in [-0.1, -0.05) is 46.8 Å². The van der Waals surface area contributed by atoms with E-state index in [-0.39, 0.29) is 74.3 Å². The van der Waals surface area contributed by atoms with Crippen molar-refractivity contribution in [3.63, 3.8) is 0 Å². The lowest BCUT2D eigenvalue weighted by atomic mass is 9.86. The summed E-state index contributed by atoms with van der Waals surface area (Å²) in [6, 6.07) is 12.3. The van der Waals surface area contributed by atoms with E-state index < -0.39 is 41.6 Å². The first-order valence-corrected chi connectivity index (χ1v) is 32.3. The van der Waals surface area contributed by atoms with Gasteiger partial charge < -0.3 is 93.5 Å². The number of fused-ring (bicyclic) bond motifs is 5. The highest BCUT2D eigenvalue weighted by atomic mass is 16.6. The van der Waals surface area contributed by atoms with Crippen molar-refractivity contribution >= 4 is 46.4 Å². The van der Waals surface area contributed by atoms with Gasteiger partial charge in [-0.3, -0.25) is 19.2 Å². The third-order valence-electron chi connectivity index (χ3n) is 15.2. The van der Waals surface area contributed by atoms with E-state index in [2.05, 4.69) is 28.2 Å². The molecule has 2 aliphatic heterocycles. The molecule has 4 heterocycles. The fourth-order valence-corrected chi connectivity index (χ4v) is 10.2. The summed E-state index contributed by atoms with van der Waals surface area (Å²) in [7, 11) is 0. The number of pyridine rings is 2. The van der Waals surface area contributed by atoms with Gasteiger partial charge in [-0.15, -0.1) is 0 Å². The topological polar surface area (TPSA) is 325 Å². The number of alkyl carbamates (subject to hydrolysis) is 1. The second-order valence-electron chi connectivity index (χ2n) is 22.3. The summed E-state index contributed by atoms with van der Waals surface area (Å²) in [5, 5.41) is 23.4. The number of aliphatic hydroxyl groups is 1. The van der Waals surface area contributed by atoms with E-state index in [1.807, 2.05) is 25.1 Å². The van der Waals surface area contributed by atoms with Crippen LogP contribution in [0.2, 0.25) is 0 Å². The SMILES string of the molecule is CCCOCCOCCOCCOCCOCCOCCOCCOCCOCCC(=O)N[C@H](C(=O)N[C@@H](CCCCN)C(=O)Nc1ccc(COC(=O)NCCCOc2ccc3nc4c(c(CC)c3c2)Cn2c-4cc3c(c2=O)COC(=O)[C@]3(O)CC)cc1)C(C)C. The molecule has 2 aromatic carbocycles. The number of benzene rings is 2. The number of aryl methyl sites for hydroxylation is 1. The first-order valence-electron chi connectivity index (χ1n) is 32.3. The second-order valence-corrected chi connectivity index (χ2v) is 22.3. The molecule has 0 radical (unpaired) electrons. The molecule has 4 amide bonds. The number of aromatic nitrogens is 2. The number of rotatable bonds is 48. The van der Waals surface area contributed by atoms with E-state index >= 15 is 0 Å². The zero-order valence-corrected chi connectivity index (χ0v) is 54.2. The maximum atomic E-state index is 13.7. The van der Waals surface area contributed by atoms with Gasteiger partial charge in [0.25, 0.3) is 5.56 Å². The standard InChI is InChI=1S/C66H97N7O19/c1-6-22-81-25-27-83-29-31-85-33-35-87-37-39-89-40-38-88-36-34-86-32-30-84-28-26-82-24-19-58(74)72-59(46(4)5)62(76)71-56(12-9-10-20-67)61(75)69-48-15-13-47(14-16-48)44-92-65(79)68-21-11-23-90-49-17-18-55-51(41-49)50(7-2)52-43-73-57(60(52)70-55)42-54-53(63(73)77)45-91-64(78)66(54,80)8-3/h13-18,41-42,46,56,59,80H,6-12,19-40,43-45,67H2,1-5H3,(H,68,79)(H,69,75)(H,71,76)(H,72,74)/t56-,59-,66-/m0/s1. The predicted octanol–water partition coefficient (Wildman–Crippen LogP) is 4.98. The number of carbonyl (C=O) groups is 5. The van der Waals surface area contributed by atoms with Crippen molar-refractivity contribution in [1.29, 1.82) is 0 Å². The number of hydrogen-bond acceptors (Lipinski definition) is 21. The quantitative estimate of drug-likeness (QED) is 0.0221. The Labute approximate surface area is 538 Å². The average molecular weight is 1290 g/mol. The second kappa shape index (κ2) is 41.1. The number of anilines is 1. The van der Waals surface area contributed by atoms with Crippen molar-refractivity contribution in [2.45, 2.75) is 123 Å². The van der Waals surface area contributed by atoms with E-state index in [1.54, 1.807) is 55.7 Å². The van der Waals surface area contributed by atoms with Crippen LogP contribution in [0.1, 0.15) is 107 Å². The number of cyclic esters (lactones) is 1. The van der Waals surface area contributed by atoms with Gasteiger partial charge in [-0.2, -0.15) is 0 Å². The number of esters is 1. The fraction of sp³-hybridized carbons (Fsp3) is 0.621. The van der Waals surface area contributed by atoms with Crippen LogP contribution in [-0.4, -0.2) is 195 Å². The van der Waals surface area contributed by atoms with Crippen LogP contribution in [0.3, 0.4) is 0 Å². The van der Waals surface area contributed by atoms with Gasteiger partial charge in [0.05, 0.1) is 148 Å². The minimum absolute atomic E-state index is 0.0170. The zero-order valence-electron chi connectivity index (χ0n) is 54.2. The van der Waals surface area contributed by atoms with Crippen molar-refractivity contribution in [3.05, 3.63) is 86.7 Å². The minimum Gasteiger partial charge on any atom is -0.494 e. The van der Waals surface area contributed by atoms with Crippen LogP contribution in [0.15, 0.2) is 53.3 Å². The Morgan fingerprint density at radius 1 is 0.696 bits per heavy atom. The molecule has 0 saturated carbocycles. The van der Waals surface area contributed by atoms with Crippen molar-refractivity contribution < 1.29 is 85.9 Å². The van der Waals surface area contributed by atoms with Gasteiger partial charge in [0, 0.05) is 41.8 Å². The van der Waals surface area contributed by atoms with E-state index in [4.69, 9.17) is 67.6 Å². The van der Waals surface area contributed by atoms with Crippen molar-refractivity contribution in [2.24, 2.45) is 11.7 Å². The molecule has 2 aliphatic rings. The Hall–Kier alpha value is -6.69. The maximum Gasteiger partial charge on any atom is 0.407 e. The van der Waals surface area contributed by atoms with E-state index in [9.17, 15) is 33.9 Å². The number of nitrogens with zero attached hydrogens (tertiary/aromatic N) is 2.